The van der Waals surface area contributed by atoms with Crippen molar-refractivity contribution in [1.82, 2.24) is 10.2 Å². The molecule has 0 unspecified atom stereocenters. The van der Waals surface area contributed by atoms with E-state index in [1.807, 2.05) is 11.9 Å². The van der Waals surface area contributed by atoms with Gasteiger partial charge in [0.2, 0.25) is 5.91 Å². The van der Waals surface area contributed by atoms with Gasteiger partial charge in [-0.15, -0.1) is 0 Å². The lowest BCUT2D eigenvalue weighted by Crippen LogP contribution is -2.59. The summed E-state index contributed by atoms with van der Waals surface area (Å²) in [5, 5.41) is 2.87. The van der Waals surface area contributed by atoms with Gasteiger partial charge in [0.05, 0.1) is 5.54 Å². The molecule has 0 radical (unpaired) electrons. The van der Waals surface area contributed by atoms with Crippen LogP contribution in [-0.2, 0) is 14.9 Å². The number of nitrogens with zero attached hydrogens (tertiary/aromatic N) is 1. The van der Waals surface area contributed by atoms with Crippen molar-refractivity contribution < 1.29 is 14.3 Å². The molecular formula is C22H28N2O3. The van der Waals surface area contributed by atoms with Crippen LogP contribution >= 0.6 is 0 Å². The monoisotopic (exact) mass is 368 g/mol. The first-order chi connectivity index (χ1) is 12.9. The number of alkyl carbamates (subject to hydrolysis) is 1. The Bertz CT molecular complexity index is 789. The van der Waals surface area contributed by atoms with E-state index in [4.69, 9.17) is 4.74 Å². The Labute approximate surface area is 160 Å². The molecule has 0 atom stereocenters. The minimum absolute atomic E-state index is 0.0224. The number of hydrogen-bond donors (Lipinski definition) is 1. The number of hydrogen-bond acceptors (Lipinski definition) is 3. The van der Waals surface area contributed by atoms with Crippen LogP contribution in [0.5, 0.6) is 0 Å². The summed E-state index contributed by atoms with van der Waals surface area (Å²) < 4.78 is 5.00. The summed E-state index contributed by atoms with van der Waals surface area (Å²) in [6.07, 6.45) is 5.78. The molecule has 1 saturated heterocycles. The van der Waals surface area contributed by atoms with Crippen LogP contribution in [0.15, 0.2) is 24.3 Å². The zero-order valence-corrected chi connectivity index (χ0v) is 16.2. The lowest BCUT2D eigenvalue weighted by atomic mass is 9.67. The van der Waals surface area contributed by atoms with Gasteiger partial charge in [-0.05, 0) is 61.0 Å². The highest BCUT2D eigenvalue weighted by Gasteiger charge is 2.54. The van der Waals surface area contributed by atoms with E-state index in [-0.39, 0.29) is 23.5 Å². The normalized spacial score (nSPS) is 35.6. The van der Waals surface area contributed by atoms with Crippen molar-refractivity contribution in [3.63, 3.8) is 0 Å². The summed E-state index contributed by atoms with van der Waals surface area (Å²) in [7, 11) is 1.94. The molecule has 0 aromatic heterocycles. The van der Waals surface area contributed by atoms with Crippen molar-refractivity contribution in [3.8, 4) is 0 Å². The maximum absolute atomic E-state index is 12.8. The summed E-state index contributed by atoms with van der Waals surface area (Å²) in [6.45, 7) is 2.76. The molecule has 27 heavy (non-hydrogen) atoms. The maximum atomic E-state index is 12.8. The van der Waals surface area contributed by atoms with Gasteiger partial charge in [0.25, 0.3) is 0 Å². The summed E-state index contributed by atoms with van der Waals surface area (Å²) in [5.74, 6) is 0.821. The highest BCUT2D eigenvalue weighted by molar-refractivity contribution is 5.81. The Hall–Kier alpha value is -2.04. The summed E-state index contributed by atoms with van der Waals surface area (Å²) >= 11 is 0. The molecular weight excluding hydrogens is 340 g/mol. The average Bonchev–Trinajstić information content (AvgIpc) is 3.21. The first kappa shape index (κ1) is 17.1. The summed E-state index contributed by atoms with van der Waals surface area (Å²) in [6, 6.07) is 9.45. The van der Waals surface area contributed by atoms with Crippen molar-refractivity contribution >= 4 is 12.0 Å². The second-order valence-electron chi connectivity index (χ2n) is 9.54. The van der Waals surface area contributed by atoms with Gasteiger partial charge in [0.15, 0.2) is 0 Å². The Morgan fingerprint density at radius 3 is 2.63 bits per heavy atom. The highest BCUT2D eigenvalue weighted by atomic mass is 16.6. The molecule has 1 aliphatic heterocycles. The van der Waals surface area contributed by atoms with Crippen molar-refractivity contribution in [3.05, 3.63) is 35.4 Å². The third-order valence-corrected chi connectivity index (χ3v) is 7.53. The van der Waals surface area contributed by atoms with Gasteiger partial charge < -0.3 is 15.0 Å². The van der Waals surface area contributed by atoms with Crippen LogP contribution in [-0.4, -0.2) is 42.1 Å². The molecule has 5 rings (SSSR count). The fourth-order valence-electron chi connectivity index (χ4n) is 5.06. The first-order valence-corrected chi connectivity index (χ1v) is 10.2. The van der Waals surface area contributed by atoms with E-state index in [0.717, 1.165) is 12.8 Å². The topological polar surface area (TPSA) is 58.6 Å². The Morgan fingerprint density at radius 2 is 2.00 bits per heavy atom. The number of cyclic esters (lactones) is 1. The number of benzene rings is 1. The molecule has 2 amide bonds. The van der Waals surface area contributed by atoms with Crippen molar-refractivity contribution in [2.24, 2.45) is 5.92 Å². The van der Waals surface area contributed by atoms with Crippen molar-refractivity contribution in [2.75, 3.05) is 13.7 Å². The maximum Gasteiger partial charge on any atom is 0.407 e. The van der Waals surface area contributed by atoms with Gasteiger partial charge >= 0.3 is 6.09 Å². The molecule has 4 aliphatic rings. The Kier molecular flexibility index (Phi) is 3.62. The first-order valence-electron chi connectivity index (χ1n) is 10.2. The smallest absolute Gasteiger partial charge is 0.407 e. The highest BCUT2D eigenvalue weighted by Crippen LogP contribution is 2.49. The fourth-order valence-corrected chi connectivity index (χ4v) is 5.06. The van der Waals surface area contributed by atoms with Crippen LogP contribution in [0.2, 0.25) is 0 Å². The van der Waals surface area contributed by atoms with Crippen LogP contribution in [0, 0.1) is 5.92 Å². The molecule has 1 N–H and O–H groups in total. The van der Waals surface area contributed by atoms with Gasteiger partial charge in [0, 0.05) is 19.0 Å². The van der Waals surface area contributed by atoms with Crippen molar-refractivity contribution in [1.29, 1.82) is 0 Å². The molecule has 3 saturated carbocycles. The SMILES string of the molecule is CN(C(=O)C1CC2(COC(=O)N2)C1)C1CC(c2cccc(C3(C)CC3)c2)C1. The van der Waals surface area contributed by atoms with E-state index in [9.17, 15) is 9.59 Å². The Morgan fingerprint density at radius 1 is 1.26 bits per heavy atom. The molecule has 1 aromatic carbocycles. The quantitative estimate of drug-likeness (QED) is 0.887. The minimum atomic E-state index is -0.349. The van der Waals surface area contributed by atoms with Crippen LogP contribution in [0.3, 0.4) is 0 Å². The molecule has 0 bridgehead atoms. The molecule has 5 heteroatoms. The third kappa shape index (κ3) is 2.82. The molecule has 1 aromatic rings. The van der Waals surface area contributed by atoms with Gasteiger partial charge in [-0.1, -0.05) is 31.2 Å². The zero-order chi connectivity index (χ0) is 18.8. The molecule has 1 spiro atoms. The second kappa shape index (κ2) is 5.73. The van der Waals surface area contributed by atoms with Gasteiger partial charge in [0.1, 0.15) is 6.61 Å². The predicted octanol–water partition coefficient (Wildman–Crippen LogP) is 3.33. The summed E-state index contributed by atoms with van der Waals surface area (Å²) in [5.41, 5.74) is 3.05. The van der Waals surface area contributed by atoms with E-state index in [2.05, 4.69) is 36.5 Å². The lowest BCUT2D eigenvalue weighted by molar-refractivity contribution is -0.143. The standard InChI is InChI=1S/C22H28N2O3/c1-21(6-7-21)17-5-3-4-14(8-17)15-9-18(10-15)24(2)19(25)16-11-22(12-16)13-27-20(26)23-22/h3-5,8,15-16,18H,6-7,9-13H2,1-2H3,(H,23,26). The lowest BCUT2D eigenvalue weighted by Gasteiger charge is -2.47. The van der Waals surface area contributed by atoms with Crippen LogP contribution in [0.4, 0.5) is 4.79 Å². The van der Waals surface area contributed by atoms with Gasteiger partial charge in [-0.3, -0.25) is 4.79 Å². The third-order valence-electron chi connectivity index (χ3n) is 7.53. The van der Waals surface area contributed by atoms with Crippen LogP contribution < -0.4 is 5.32 Å². The largest absolute Gasteiger partial charge is 0.447 e. The van der Waals surface area contributed by atoms with E-state index in [1.165, 1.54) is 24.0 Å². The zero-order valence-electron chi connectivity index (χ0n) is 16.2. The molecule has 4 fully saturated rings. The average molecular weight is 368 g/mol. The van der Waals surface area contributed by atoms with Crippen LogP contribution in [0.1, 0.15) is 62.5 Å². The number of carbonyl (C=O) groups excluding carboxylic acids is 2. The number of amides is 2. The molecule has 1 heterocycles. The van der Waals surface area contributed by atoms with E-state index in [0.29, 0.717) is 36.8 Å². The van der Waals surface area contributed by atoms with Gasteiger partial charge in [-0.25, -0.2) is 4.79 Å². The molecule has 5 nitrogen and oxygen atoms in total. The van der Waals surface area contributed by atoms with Gasteiger partial charge in [-0.2, -0.15) is 0 Å². The fraction of sp³-hybridized carbons (Fsp3) is 0.636. The predicted molar refractivity (Wildman–Crippen MR) is 101 cm³/mol. The molecule has 144 valence electrons. The molecule has 3 aliphatic carbocycles. The Balaban J connectivity index is 1.15. The van der Waals surface area contributed by atoms with Crippen molar-refractivity contribution in [2.45, 2.75) is 68.4 Å². The number of ether oxygens (including phenoxy) is 1. The van der Waals surface area contributed by atoms with Crippen LogP contribution in [0.25, 0.3) is 0 Å². The second-order valence-corrected chi connectivity index (χ2v) is 9.54. The number of rotatable bonds is 4. The number of carbonyl (C=O) groups is 2. The minimum Gasteiger partial charge on any atom is -0.447 e. The van der Waals surface area contributed by atoms with E-state index in [1.54, 1.807) is 0 Å². The van der Waals surface area contributed by atoms with E-state index < -0.39 is 0 Å². The summed E-state index contributed by atoms with van der Waals surface area (Å²) in [4.78, 5) is 26.0. The van der Waals surface area contributed by atoms with E-state index >= 15 is 0 Å². The number of nitrogens with one attached hydrogen (secondary N) is 1.